The first-order chi connectivity index (χ1) is 16.3. The van der Waals surface area contributed by atoms with Gasteiger partial charge in [-0.3, -0.25) is 9.52 Å². The molecule has 0 aliphatic carbocycles. The summed E-state index contributed by atoms with van der Waals surface area (Å²) in [5, 5.41) is 3.77. The van der Waals surface area contributed by atoms with Crippen LogP contribution in [0.15, 0.2) is 71.6 Å². The van der Waals surface area contributed by atoms with Gasteiger partial charge in [-0.05, 0) is 67.4 Å². The molecular weight excluding hydrogens is 477 g/mol. The van der Waals surface area contributed by atoms with Gasteiger partial charge in [0.15, 0.2) is 0 Å². The first kappa shape index (κ1) is 23.7. The molecule has 176 valence electrons. The van der Waals surface area contributed by atoms with Crippen LogP contribution in [0.5, 0.6) is 5.75 Å². The smallest absolute Gasteiger partial charge is 0.262 e. The number of sulfonamides is 1. The van der Waals surface area contributed by atoms with Crippen molar-refractivity contribution in [1.29, 1.82) is 0 Å². The Balaban J connectivity index is 1.39. The molecule has 10 heteroatoms. The zero-order valence-corrected chi connectivity index (χ0v) is 19.9. The highest BCUT2D eigenvalue weighted by molar-refractivity contribution is 7.92. The number of nitrogens with one attached hydrogen (secondary N) is 2. The van der Waals surface area contributed by atoms with E-state index in [1.165, 1.54) is 25.3 Å². The van der Waals surface area contributed by atoms with Crippen LogP contribution in [0.3, 0.4) is 0 Å². The number of halogens is 1. The molecule has 1 aromatic heterocycles. The van der Waals surface area contributed by atoms with Crippen molar-refractivity contribution in [3.8, 4) is 5.75 Å². The van der Waals surface area contributed by atoms with Crippen molar-refractivity contribution in [3.05, 3.63) is 77.6 Å². The maximum atomic E-state index is 13.2. The number of benzene rings is 3. The molecule has 34 heavy (non-hydrogen) atoms. The van der Waals surface area contributed by atoms with Crippen LogP contribution in [0, 0.1) is 5.82 Å². The molecule has 0 unspecified atom stereocenters. The van der Waals surface area contributed by atoms with Gasteiger partial charge in [0.1, 0.15) is 11.6 Å². The van der Waals surface area contributed by atoms with Gasteiger partial charge >= 0.3 is 0 Å². The number of carbonyl (C=O) groups is 1. The Bertz CT molecular complexity index is 1390. The molecule has 0 aliphatic rings. The Morgan fingerprint density at radius 2 is 1.85 bits per heavy atom. The lowest BCUT2D eigenvalue weighted by Gasteiger charge is -2.14. The molecule has 4 rings (SSSR count). The van der Waals surface area contributed by atoms with E-state index in [0.29, 0.717) is 24.9 Å². The minimum Gasteiger partial charge on any atom is -0.495 e. The highest BCUT2D eigenvalue weighted by atomic mass is 32.2. The monoisotopic (exact) mass is 499 g/mol. The maximum absolute atomic E-state index is 13.2. The van der Waals surface area contributed by atoms with Crippen LogP contribution in [0.25, 0.3) is 10.2 Å². The van der Waals surface area contributed by atoms with Gasteiger partial charge in [-0.1, -0.05) is 12.1 Å². The number of hydrogen-bond donors (Lipinski definition) is 2. The van der Waals surface area contributed by atoms with E-state index in [-0.39, 0.29) is 22.2 Å². The van der Waals surface area contributed by atoms with Gasteiger partial charge in [-0.15, -0.1) is 11.3 Å². The van der Waals surface area contributed by atoms with E-state index >= 15 is 0 Å². The number of thiazole rings is 1. The molecule has 1 amide bonds. The second kappa shape index (κ2) is 10.2. The molecule has 0 fully saturated rings. The number of hydrogen-bond acceptors (Lipinski definition) is 6. The van der Waals surface area contributed by atoms with Crippen LogP contribution in [0.1, 0.15) is 17.8 Å². The summed E-state index contributed by atoms with van der Waals surface area (Å²) < 4.78 is 47.3. The van der Waals surface area contributed by atoms with Crippen molar-refractivity contribution in [2.45, 2.75) is 24.2 Å². The fourth-order valence-corrected chi connectivity index (χ4v) is 5.40. The van der Waals surface area contributed by atoms with Gasteiger partial charge < -0.3 is 10.1 Å². The summed E-state index contributed by atoms with van der Waals surface area (Å²) in [5.74, 6) is -0.456. The zero-order chi connectivity index (χ0) is 24.1. The zero-order valence-electron chi connectivity index (χ0n) is 18.2. The standard InChI is InChI=1S/C24H22FN3O4S2/c1-32-21-14-11-17(15-20(21)28-34(30,31)18-12-9-16(25)10-13-18)26-23(29)7-4-8-24-27-19-5-2-3-6-22(19)33-24/h2-3,5-6,9-15,28H,4,7-8H2,1H3,(H,26,29). The molecule has 0 saturated heterocycles. The van der Waals surface area contributed by atoms with Gasteiger partial charge in [0.05, 0.1) is 32.9 Å². The molecule has 0 atom stereocenters. The number of carbonyl (C=O) groups excluding carboxylic acids is 1. The molecule has 2 N–H and O–H groups in total. The van der Waals surface area contributed by atoms with Gasteiger partial charge in [0, 0.05) is 12.1 Å². The molecule has 3 aromatic carbocycles. The Morgan fingerprint density at radius 3 is 2.59 bits per heavy atom. The second-order valence-electron chi connectivity index (χ2n) is 7.45. The number of anilines is 2. The van der Waals surface area contributed by atoms with Crippen molar-refractivity contribution >= 4 is 48.9 Å². The molecule has 0 saturated carbocycles. The second-order valence-corrected chi connectivity index (χ2v) is 10.2. The molecule has 4 aromatic rings. The summed E-state index contributed by atoms with van der Waals surface area (Å²) >= 11 is 1.62. The minimum absolute atomic E-state index is 0.0970. The highest BCUT2D eigenvalue weighted by Crippen LogP contribution is 2.30. The van der Waals surface area contributed by atoms with E-state index in [4.69, 9.17) is 4.74 Å². The fourth-order valence-electron chi connectivity index (χ4n) is 3.33. The minimum atomic E-state index is -3.98. The van der Waals surface area contributed by atoms with Crippen molar-refractivity contribution < 1.29 is 22.3 Å². The predicted molar refractivity (Wildman–Crippen MR) is 131 cm³/mol. The molecule has 7 nitrogen and oxygen atoms in total. The first-order valence-electron chi connectivity index (χ1n) is 10.4. The average molecular weight is 500 g/mol. The summed E-state index contributed by atoms with van der Waals surface area (Å²) in [4.78, 5) is 16.9. The van der Waals surface area contributed by atoms with E-state index in [1.54, 1.807) is 23.5 Å². The molecule has 0 spiro atoms. The number of aryl methyl sites for hydroxylation is 1. The van der Waals surface area contributed by atoms with Gasteiger partial charge in [0.25, 0.3) is 10.0 Å². The number of nitrogens with zero attached hydrogens (tertiary/aromatic N) is 1. The Kier molecular flexibility index (Phi) is 7.09. The van der Waals surface area contributed by atoms with Crippen LogP contribution in [0.4, 0.5) is 15.8 Å². The van der Waals surface area contributed by atoms with Gasteiger partial charge in [-0.2, -0.15) is 0 Å². The van der Waals surface area contributed by atoms with Crippen LogP contribution >= 0.6 is 11.3 Å². The molecule has 0 aliphatic heterocycles. The maximum Gasteiger partial charge on any atom is 0.262 e. The molecule has 0 bridgehead atoms. The van der Waals surface area contributed by atoms with Crippen molar-refractivity contribution in [2.24, 2.45) is 0 Å². The topological polar surface area (TPSA) is 97.4 Å². The molecular formula is C24H22FN3O4S2. The molecule has 1 heterocycles. The molecule has 0 radical (unpaired) electrons. The summed E-state index contributed by atoms with van der Waals surface area (Å²) in [6, 6.07) is 17.0. The van der Waals surface area contributed by atoms with Crippen LogP contribution in [-0.2, 0) is 21.2 Å². The number of aromatic nitrogens is 1. The predicted octanol–water partition coefficient (Wildman–Crippen LogP) is 5.21. The van der Waals surface area contributed by atoms with Crippen LogP contribution in [-0.4, -0.2) is 26.4 Å². The Morgan fingerprint density at radius 1 is 1.09 bits per heavy atom. The summed E-state index contributed by atoms with van der Waals surface area (Å²) in [6.45, 7) is 0. The SMILES string of the molecule is COc1ccc(NC(=O)CCCc2nc3ccccc3s2)cc1NS(=O)(=O)c1ccc(F)cc1. The van der Waals surface area contributed by atoms with Crippen LogP contribution in [0.2, 0.25) is 0 Å². The third kappa shape index (κ3) is 5.70. The lowest BCUT2D eigenvalue weighted by atomic mass is 10.2. The number of rotatable bonds is 9. The third-order valence-corrected chi connectivity index (χ3v) is 7.46. The van der Waals surface area contributed by atoms with Crippen molar-refractivity contribution in [2.75, 3.05) is 17.1 Å². The van der Waals surface area contributed by atoms with Crippen molar-refractivity contribution in [1.82, 2.24) is 4.98 Å². The first-order valence-corrected chi connectivity index (χ1v) is 12.7. The van der Waals surface area contributed by atoms with E-state index in [9.17, 15) is 17.6 Å². The van der Waals surface area contributed by atoms with E-state index < -0.39 is 15.8 Å². The largest absolute Gasteiger partial charge is 0.495 e. The van der Waals surface area contributed by atoms with Crippen LogP contribution < -0.4 is 14.8 Å². The number of fused-ring (bicyclic) bond motifs is 1. The fraction of sp³-hybridized carbons (Fsp3) is 0.167. The summed E-state index contributed by atoms with van der Waals surface area (Å²) in [6.07, 6.45) is 1.61. The Labute approximate surface area is 200 Å². The van der Waals surface area contributed by atoms with Gasteiger partial charge in [-0.25, -0.2) is 17.8 Å². The average Bonchev–Trinajstić information content (AvgIpc) is 3.22. The number of para-hydroxylation sites is 1. The van der Waals surface area contributed by atoms with Crippen molar-refractivity contribution in [3.63, 3.8) is 0 Å². The lowest BCUT2D eigenvalue weighted by molar-refractivity contribution is -0.116. The number of methoxy groups -OCH3 is 1. The Hall–Kier alpha value is -3.50. The van der Waals surface area contributed by atoms with E-state index in [0.717, 1.165) is 27.4 Å². The summed E-state index contributed by atoms with van der Waals surface area (Å²) in [7, 11) is -2.57. The van der Waals surface area contributed by atoms with E-state index in [2.05, 4.69) is 15.0 Å². The van der Waals surface area contributed by atoms with E-state index in [1.807, 2.05) is 24.3 Å². The normalized spacial score (nSPS) is 11.4. The number of amides is 1. The quantitative estimate of drug-likeness (QED) is 0.330. The number of ether oxygens (including phenoxy) is 1. The summed E-state index contributed by atoms with van der Waals surface area (Å²) in [5.41, 5.74) is 1.53. The van der Waals surface area contributed by atoms with Gasteiger partial charge in [0.2, 0.25) is 5.91 Å². The lowest BCUT2D eigenvalue weighted by Crippen LogP contribution is -2.15. The highest BCUT2D eigenvalue weighted by Gasteiger charge is 2.17. The third-order valence-electron chi connectivity index (χ3n) is 4.98.